The summed E-state index contributed by atoms with van der Waals surface area (Å²) < 4.78 is 49.2. The Balaban J connectivity index is 1.25. The average molecular weight is 546 g/mol. The van der Waals surface area contributed by atoms with Crippen LogP contribution < -0.4 is 4.74 Å². The summed E-state index contributed by atoms with van der Waals surface area (Å²) in [6.45, 7) is 4.09. The second-order valence-corrected chi connectivity index (χ2v) is 10.8. The number of esters is 1. The molecule has 212 valence electrons. The number of amides is 1. The van der Waals surface area contributed by atoms with Gasteiger partial charge in [-0.3, -0.25) is 9.59 Å². The third-order valence-corrected chi connectivity index (χ3v) is 7.94. The minimum Gasteiger partial charge on any atom is -0.494 e. The first-order valence-corrected chi connectivity index (χ1v) is 14.0. The summed E-state index contributed by atoms with van der Waals surface area (Å²) in [5.41, 5.74) is 1.10. The Bertz CT molecular complexity index is 1070. The third-order valence-electron chi connectivity index (χ3n) is 7.94. The normalized spacial score (nSPS) is 19.8. The van der Waals surface area contributed by atoms with E-state index < -0.39 is 17.7 Å². The number of benzene rings is 2. The topological polar surface area (TPSA) is 55.8 Å². The Morgan fingerprint density at radius 2 is 1.56 bits per heavy atom. The second-order valence-electron chi connectivity index (χ2n) is 10.8. The quantitative estimate of drug-likeness (QED) is 0.240. The summed E-state index contributed by atoms with van der Waals surface area (Å²) in [5.74, 6) is 1.05. The highest BCUT2D eigenvalue weighted by molar-refractivity contribution is 5.83. The predicted molar refractivity (Wildman–Crippen MR) is 142 cm³/mol. The van der Waals surface area contributed by atoms with Gasteiger partial charge in [0, 0.05) is 19.5 Å². The van der Waals surface area contributed by atoms with Gasteiger partial charge in [-0.2, -0.15) is 13.2 Å². The van der Waals surface area contributed by atoms with E-state index in [1.54, 1.807) is 6.92 Å². The Kier molecular flexibility index (Phi) is 9.92. The SMILES string of the molecule is CCOC(=O)C(CC(=O)N1C[C@H]2CCCC[C@H]2C1)Cc1ccc(OCCCc2ccc(C(F)(F)F)cc2)cc1. The molecule has 3 atom stereocenters. The summed E-state index contributed by atoms with van der Waals surface area (Å²) in [5, 5.41) is 0. The summed E-state index contributed by atoms with van der Waals surface area (Å²) in [4.78, 5) is 27.8. The molecule has 5 nitrogen and oxygen atoms in total. The molecule has 1 aliphatic carbocycles. The largest absolute Gasteiger partial charge is 0.494 e. The molecule has 2 aromatic carbocycles. The van der Waals surface area contributed by atoms with E-state index in [4.69, 9.17) is 9.47 Å². The van der Waals surface area contributed by atoms with E-state index in [0.29, 0.717) is 43.5 Å². The lowest BCUT2D eigenvalue weighted by Crippen LogP contribution is -2.33. The van der Waals surface area contributed by atoms with Crippen molar-refractivity contribution in [1.29, 1.82) is 0 Å². The summed E-state index contributed by atoms with van der Waals surface area (Å²) in [7, 11) is 0. The standard InChI is InChI=1S/C31H38F3NO4/c1-2-38-30(37)26(19-29(36)35-20-24-7-3-4-8-25(24)21-35)18-23-11-15-28(16-12-23)39-17-5-6-22-9-13-27(14-10-22)31(32,33)34/h9-16,24-26H,2-8,17-21H2,1H3/t24-,25+,26?. The summed E-state index contributed by atoms with van der Waals surface area (Å²) in [6.07, 6.45) is 2.40. The van der Waals surface area contributed by atoms with Gasteiger partial charge in [-0.25, -0.2) is 0 Å². The summed E-state index contributed by atoms with van der Waals surface area (Å²) in [6, 6.07) is 12.7. The molecule has 0 spiro atoms. The van der Waals surface area contributed by atoms with Crippen LogP contribution in [0.5, 0.6) is 5.75 Å². The van der Waals surface area contributed by atoms with Crippen molar-refractivity contribution in [3.05, 3.63) is 65.2 Å². The number of alkyl halides is 3. The monoisotopic (exact) mass is 545 g/mol. The zero-order valence-corrected chi connectivity index (χ0v) is 22.6. The number of fused-ring (bicyclic) bond motifs is 1. The van der Waals surface area contributed by atoms with Gasteiger partial charge in [-0.1, -0.05) is 37.1 Å². The van der Waals surface area contributed by atoms with Gasteiger partial charge in [-0.15, -0.1) is 0 Å². The molecule has 1 amide bonds. The molecule has 39 heavy (non-hydrogen) atoms. The highest BCUT2D eigenvalue weighted by Crippen LogP contribution is 2.36. The average Bonchev–Trinajstić information content (AvgIpc) is 3.36. The van der Waals surface area contributed by atoms with E-state index in [0.717, 1.165) is 36.3 Å². The third kappa shape index (κ3) is 8.23. The Morgan fingerprint density at radius 3 is 2.15 bits per heavy atom. The first-order chi connectivity index (χ1) is 18.7. The first-order valence-electron chi connectivity index (χ1n) is 14.0. The zero-order chi connectivity index (χ0) is 27.8. The van der Waals surface area contributed by atoms with Crippen molar-refractivity contribution in [3.8, 4) is 5.75 Å². The van der Waals surface area contributed by atoms with E-state index in [-0.39, 0.29) is 24.9 Å². The van der Waals surface area contributed by atoms with Gasteiger partial charge in [0.05, 0.1) is 24.7 Å². The highest BCUT2D eigenvalue weighted by atomic mass is 19.4. The van der Waals surface area contributed by atoms with Gasteiger partial charge in [0.1, 0.15) is 5.75 Å². The molecule has 0 radical (unpaired) electrons. The van der Waals surface area contributed by atoms with E-state index in [9.17, 15) is 22.8 Å². The first kappa shape index (κ1) is 29.0. The molecule has 4 rings (SSSR count). The van der Waals surface area contributed by atoms with Gasteiger partial charge < -0.3 is 14.4 Å². The van der Waals surface area contributed by atoms with Crippen LogP contribution in [0.1, 0.15) is 62.1 Å². The Morgan fingerprint density at radius 1 is 0.949 bits per heavy atom. The van der Waals surface area contributed by atoms with Crippen LogP contribution in [0, 0.1) is 17.8 Å². The van der Waals surface area contributed by atoms with Crippen LogP contribution in [0.25, 0.3) is 0 Å². The minimum absolute atomic E-state index is 0.0375. The smallest absolute Gasteiger partial charge is 0.416 e. The second kappa shape index (κ2) is 13.4. The molecular weight excluding hydrogens is 507 g/mol. The predicted octanol–water partition coefficient (Wildman–Crippen LogP) is 6.48. The molecule has 0 N–H and O–H groups in total. The van der Waals surface area contributed by atoms with E-state index in [1.807, 2.05) is 29.2 Å². The number of halogens is 3. The van der Waals surface area contributed by atoms with Crippen molar-refractivity contribution in [2.75, 3.05) is 26.3 Å². The Labute approximate surface area is 228 Å². The van der Waals surface area contributed by atoms with Gasteiger partial charge in [-0.05, 0) is 86.3 Å². The van der Waals surface area contributed by atoms with Crippen LogP contribution in [0.15, 0.2) is 48.5 Å². The van der Waals surface area contributed by atoms with Crippen molar-refractivity contribution in [3.63, 3.8) is 0 Å². The molecule has 2 aromatic rings. The lowest BCUT2D eigenvalue weighted by molar-refractivity contribution is -0.151. The molecule has 1 aliphatic heterocycles. The number of aryl methyl sites for hydroxylation is 1. The van der Waals surface area contributed by atoms with Crippen LogP contribution in [-0.4, -0.2) is 43.1 Å². The van der Waals surface area contributed by atoms with Gasteiger partial charge in [0.2, 0.25) is 5.91 Å². The molecule has 1 heterocycles. The van der Waals surface area contributed by atoms with E-state index >= 15 is 0 Å². The zero-order valence-electron chi connectivity index (χ0n) is 22.6. The molecular formula is C31H38F3NO4. The maximum atomic E-state index is 13.1. The summed E-state index contributed by atoms with van der Waals surface area (Å²) >= 11 is 0. The molecule has 1 saturated heterocycles. The highest BCUT2D eigenvalue weighted by Gasteiger charge is 2.37. The van der Waals surface area contributed by atoms with Crippen molar-refractivity contribution >= 4 is 11.9 Å². The molecule has 2 aliphatic rings. The number of likely N-dealkylation sites (tertiary alicyclic amines) is 1. The van der Waals surface area contributed by atoms with Crippen molar-refractivity contribution in [2.24, 2.45) is 17.8 Å². The molecule has 8 heteroatoms. The van der Waals surface area contributed by atoms with Gasteiger partial charge in [0.25, 0.3) is 0 Å². The molecule has 0 bridgehead atoms. The lowest BCUT2D eigenvalue weighted by atomic mass is 9.82. The Hall–Kier alpha value is -3.03. The molecule has 1 saturated carbocycles. The number of hydrogen-bond donors (Lipinski definition) is 0. The molecule has 1 unspecified atom stereocenters. The minimum atomic E-state index is -4.33. The fourth-order valence-corrected chi connectivity index (χ4v) is 5.78. The van der Waals surface area contributed by atoms with Crippen molar-refractivity contribution in [1.82, 2.24) is 4.90 Å². The van der Waals surface area contributed by atoms with Crippen LogP contribution >= 0.6 is 0 Å². The van der Waals surface area contributed by atoms with Crippen LogP contribution in [0.4, 0.5) is 13.2 Å². The molecule has 0 aromatic heterocycles. The van der Waals surface area contributed by atoms with Crippen LogP contribution in [0.3, 0.4) is 0 Å². The fraction of sp³-hybridized carbons (Fsp3) is 0.548. The van der Waals surface area contributed by atoms with E-state index in [1.165, 1.54) is 37.8 Å². The number of carbonyl (C=O) groups is 2. The van der Waals surface area contributed by atoms with Gasteiger partial charge >= 0.3 is 12.1 Å². The maximum absolute atomic E-state index is 13.1. The molecule has 2 fully saturated rings. The fourth-order valence-electron chi connectivity index (χ4n) is 5.78. The number of nitrogens with zero attached hydrogens (tertiary/aromatic N) is 1. The van der Waals surface area contributed by atoms with Crippen molar-refractivity contribution < 1.29 is 32.2 Å². The lowest BCUT2D eigenvalue weighted by Gasteiger charge is -2.22. The number of carbonyl (C=O) groups excluding carboxylic acids is 2. The number of ether oxygens (including phenoxy) is 2. The van der Waals surface area contributed by atoms with E-state index in [2.05, 4.69) is 0 Å². The number of hydrogen-bond acceptors (Lipinski definition) is 4. The van der Waals surface area contributed by atoms with Crippen molar-refractivity contribution in [2.45, 2.75) is 64.5 Å². The van der Waals surface area contributed by atoms with Gasteiger partial charge in [0.15, 0.2) is 0 Å². The van der Waals surface area contributed by atoms with Crippen LogP contribution in [0.2, 0.25) is 0 Å². The maximum Gasteiger partial charge on any atom is 0.416 e. The number of rotatable bonds is 11. The van der Waals surface area contributed by atoms with Crippen LogP contribution in [-0.2, 0) is 33.3 Å².